The first-order valence-electron chi connectivity index (χ1n) is 6.93. The van der Waals surface area contributed by atoms with E-state index in [4.69, 9.17) is 0 Å². The highest BCUT2D eigenvalue weighted by Crippen LogP contribution is 2.26. The fourth-order valence-electron chi connectivity index (χ4n) is 2.39. The minimum absolute atomic E-state index is 0. The van der Waals surface area contributed by atoms with Crippen molar-refractivity contribution in [2.75, 3.05) is 20.1 Å². The Labute approximate surface area is 145 Å². The number of benzene rings is 1. The standard InChI is InChI=1S/C16H20BrN3O.ClH/c1-11-10-13(16(21)19-9-8-18-3)12(2)20(11)15-7-5-4-6-14(15)17;/h4-7,10,18H,8-9H2,1-3H3,(H,19,21);1H. The average molecular weight is 387 g/mol. The van der Waals surface area contributed by atoms with E-state index in [-0.39, 0.29) is 18.3 Å². The highest BCUT2D eigenvalue weighted by atomic mass is 79.9. The summed E-state index contributed by atoms with van der Waals surface area (Å²) in [6, 6.07) is 9.94. The van der Waals surface area contributed by atoms with Crippen LogP contribution < -0.4 is 10.6 Å². The van der Waals surface area contributed by atoms with Gasteiger partial charge in [-0.3, -0.25) is 4.79 Å². The van der Waals surface area contributed by atoms with Gasteiger partial charge in [0.05, 0.1) is 11.3 Å². The lowest BCUT2D eigenvalue weighted by atomic mass is 10.2. The maximum atomic E-state index is 12.3. The molecule has 0 spiro atoms. The number of hydrogen-bond acceptors (Lipinski definition) is 2. The molecule has 0 aliphatic heterocycles. The van der Waals surface area contributed by atoms with Crippen molar-refractivity contribution in [1.29, 1.82) is 0 Å². The van der Waals surface area contributed by atoms with Crippen LogP contribution in [0.5, 0.6) is 0 Å². The van der Waals surface area contributed by atoms with Gasteiger partial charge in [-0.25, -0.2) is 0 Å². The molecule has 22 heavy (non-hydrogen) atoms. The molecule has 120 valence electrons. The van der Waals surface area contributed by atoms with Gasteiger partial charge >= 0.3 is 0 Å². The number of aromatic nitrogens is 1. The lowest BCUT2D eigenvalue weighted by molar-refractivity contribution is 0.0953. The molecule has 1 amide bonds. The van der Waals surface area contributed by atoms with Crippen LogP contribution in [0, 0.1) is 13.8 Å². The van der Waals surface area contributed by atoms with Gasteiger partial charge in [0.15, 0.2) is 0 Å². The molecular weight excluding hydrogens is 366 g/mol. The third kappa shape index (κ3) is 3.91. The van der Waals surface area contributed by atoms with Crippen LogP contribution in [0.4, 0.5) is 0 Å². The van der Waals surface area contributed by atoms with Gasteiger partial charge < -0.3 is 15.2 Å². The lowest BCUT2D eigenvalue weighted by Crippen LogP contribution is -2.30. The molecule has 0 saturated carbocycles. The van der Waals surface area contributed by atoms with Gasteiger partial charge in [-0.1, -0.05) is 12.1 Å². The highest BCUT2D eigenvalue weighted by Gasteiger charge is 2.17. The predicted octanol–water partition coefficient (Wildman–Crippen LogP) is 3.23. The van der Waals surface area contributed by atoms with E-state index in [1.54, 1.807) is 0 Å². The summed E-state index contributed by atoms with van der Waals surface area (Å²) in [7, 11) is 1.87. The molecule has 1 heterocycles. The van der Waals surface area contributed by atoms with Crippen molar-refractivity contribution in [3.8, 4) is 5.69 Å². The summed E-state index contributed by atoms with van der Waals surface area (Å²) in [5.41, 5.74) is 3.75. The van der Waals surface area contributed by atoms with Gasteiger partial charge in [0, 0.05) is 29.0 Å². The molecule has 0 aliphatic carbocycles. The molecule has 0 radical (unpaired) electrons. The lowest BCUT2D eigenvalue weighted by Gasteiger charge is -2.12. The molecule has 6 heteroatoms. The van der Waals surface area contributed by atoms with Gasteiger partial charge in [-0.15, -0.1) is 12.4 Å². The first kappa shape index (κ1) is 18.7. The Hall–Kier alpha value is -1.30. The molecule has 2 aromatic rings. The summed E-state index contributed by atoms with van der Waals surface area (Å²) in [6.45, 7) is 5.36. The van der Waals surface area contributed by atoms with Crippen LogP contribution in [0.1, 0.15) is 21.7 Å². The van der Waals surface area contributed by atoms with E-state index in [0.29, 0.717) is 6.54 Å². The van der Waals surface area contributed by atoms with Crippen molar-refractivity contribution in [2.45, 2.75) is 13.8 Å². The number of halogens is 2. The first-order valence-corrected chi connectivity index (χ1v) is 7.72. The smallest absolute Gasteiger partial charge is 0.253 e. The number of carbonyl (C=O) groups excluding carboxylic acids is 1. The van der Waals surface area contributed by atoms with Crippen molar-refractivity contribution in [2.24, 2.45) is 0 Å². The van der Waals surface area contributed by atoms with Crippen molar-refractivity contribution in [1.82, 2.24) is 15.2 Å². The number of para-hydroxylation sites is 1. The van der Waals surface area contributed by atoms with Crippen LogP contribution in [-0.2, 0) is 0 Å². The monoisotopic (exact) mass is 385 g/mol. The van der Waals surface area contributed by atoms with Crippen molar-refractivity contribution < 1.29 is 4.79 Å². The fraction of sp³-hybridized carbons (Fsp3) is 0.312. The number of nitrogens with one attached hydrogen (secondary N) is 2. The minimum Gasteiger partial charge on any atom is -0.351 e. The number of likely N-dealkylation sites (N-methyl/N-ethyl adjacent to an activating group) is 1. The van der Waals surface area contributed by atoms with E-state index in [1.165, 1.54) is 0 Å². The van der Waals surface area contributed by atoms with Crippen LogP contribution in [0.2, 0.25) is 0 Å². The van der Waals surface area contributed by atoms with E-state index in [0.717, 1.165) is 33.7 Å². The molecule has 0 unspecified atom stereocenters. The Balaban J connectivity index is 0.00000242. The van der Waals surface area contributed by atoms with Crippen LogP contribution in [-0.4, -0.2) is 30.6 Å². The van der Waals surface area contributed by atoms with E-state index >= 15 is 0 Å². The second-order valence-electron chi connectivity index (χ2n) is 4.93. The summed E-state index contributed by atoms with van der Waals surface area (Å²) < 4.78 is 3.10. The molecule has 0 fully saturated rings. The van der Waals surface area contributed by atoms with Gasteiger partial charge in [0.2, 0.25) is 0 Å². The normalized spacial score (nSPS) is 10.2. The Morgan fingerprint density at radius 2 is 1.91 bits per heavy atom. The Morgan fingerprint density at radius 3 is 2.55 bits per heavy atom. The van der Waals surface area contributed by atoms with Crippen molar-refractivity contribution >= 4 is 34.2 Å². The van der Waals surface area contributed by atoms with Crippen molar-refractivity contribution in [3.63, 3.8) is 0 Å². The zero-order valence-corrected chi connectivity index (χ0v) is 15.3. The second kappa shape index (κ2) is 8.36. The number of rotatable bonds is 5. The predicted molar refractivity (Wildman–Crippen MR) is 96.5 cm³/mol. The Morgan fingerprint density at radius 1 is 1.23 bits per heavy atom. The number of carbonyl (C=O) groups is 1. The summed E-state index contributed by atoms with van der Waals surface area (Å²) in [5.74, 6) is -0.0309. The molecule has 0 saturated heterocycles. The van der Waals surface area contributed by atoms with Crippen LogP contribution in [0.3, 0.4) is 0 Å². The maximum Gasteiger partial charge on any atom is 0.253 e. The van der Waals surface area contributed by atoms with Gasteiger partial charge in [0.25, 0.3) is 5.91 Å². The Bertz CT molecular complexity index is 655. The molecule has 0 aliphatic rings. The van der Waals surface area contributed by atoms with E-state index in [1.807, 2.05) is 51.2 Å². The number of nitrogens with zero attached hydrogens (tertiary/aromatic N) is 1. The van der Waals surface area contributed by atoms with E-state index in [9.17, 15) is 4.79 Å². The molecule has 1 aromatic heterocycles. The fourth-order valence-corrected chi connectivity index (χ4v) is 2.85. The van der Waals surface area contributed by atoms with Crippen LogP contribution in [0.25, 0.3) is 5.69 Å². The third-order valence-corrected chi connectivity index (χ3v) is 4.10. The molecule has 4 nitrogen and oxygen atoms in total. The SMILES string of the molecule is CNCCNC(=O)c1cc(C)n(-c2ccccc2Br)c1C.Cl. The summed E-state index contributed by atoms with van der Waals surface area (Å²) >= 11 is 3.57. The number of amides is 1. The summed E-state index contributed by atoms with van der Waals surface area (Å²) in [4.78, 5) is 12.3. The van der Waals surface area contributed by atoms with Gasteiger partial charge in [-0.05, 0) is 55.0 Å². The molecule has 1 aromatic carbocycles. The highest BCUT2D eigenvalue weighted by molar-refractivity contribution is 9.10. The molecule has 2 N–H and O–H groups in total. The second-order valence-corrected chi connectivity index (χ2v) is 5.79. The third-order valence-electron chi connectivity index (χ3n) is 3.43. The van der Waals surface area contributed by atoms with Gasteiger partial charge in [0.1, 0.15) is 0 Å². The minimum atomic E-state index is -0.0309. The topological polar surface area (TPSA) is 46.1 Å². The van der Waals surface area contributed by atoms with Crippen LogP contribution in [0.15, 0.2) is 34.8 Å². The molecule has 0 bridgehead atoms. The Kier molecular flexibility index (Phi) is 7.13. The molecular formula is C16H21BrClN3O. The maximum absolute atomic E-state index is 12.3. The number of hydrogen-bond donors (Lipinski definition) is 2. The van der Waals surface area contributed by atoms with E-state index in [2.05, 4.69) is 31.1 Å². The quantitative estimate of drug-likeness (QED) is 0.775. The summed E-state index contributed by atoms with van der Waals surface area (Å²) in [5, 5.41) is 5.93. The van der Waals surface area contributed by atoms with Crippen molar-refractivity contribution in [3.05, 3.63) is 51.8 Å². The average Bonchev–Trinajstić information content (AvgIpc) is 2.75. The number of aryl methyl sites for hydroxylation is 1. The van der Waals surface area contributed by atoms with E-state index < -0.39 is 0 Å². The molecule has 2 rings (SSSR count). The summed E-state index contributed by atoms with van der Waals surface area (Å²) in [6.07, 6.45) is 0. The van der Waals surface area contributed by atoms with Crippen LogP contribution >= 0.6 is 28.3 Å². The largest absolute Gasteiger partial charge is 0.351 e. The zero-order chi connectivity index (χ0) is 15.4. The van der Waals surface area contributed by atoms with Gasteiger partial charge in [-0.2, -0.15) is 0 Å². The zero-order valence-electron chi connectivity index (χ0n) is 12.9. The first-order chi connectivity index (χ1) is 10.1. The molecule has 0 atom stereocenters.